The number of nitrogens with two attached hydrogens (primary N) is 1. The van der Waals surface area contributed by atoms with Crippen molar-refractivity contribution >= 4 is 11.9 Å². The molecule has 2 unspecified atom stereocenters. The quantitative estimate of drug-likeness (QED) is 0.692. The fourth-order valence-electron chi connectivity index (χ4n) is 2.65. The van der Waals surface area contributed by atoms with Crippen LogP contribution in [0.1, 0.15) is 25.7 Å². The molecule has 6 heteroatoms. The molecule has 1 amide bonds. The Labute approximate surface area is 100 Å². The van der Waals surface area contributed by atoms with Crippen molar-refractivity contribution in [3.05, 3.63) is 0 Å². The Kier molecular flexibility index (Phi) is 3.63. The van der Waals surface area contributed by atoms with Crippen LogP contribution in [0.3, 0.4) is 0 Å². The zero-order valence-corrected chi connectivity index (χ0v) is 9.84. The van der Waals surface area contributed by atoms with Gasteiger partial charge in [0.2, 0.25) is 0 Å². The highest BCUT2D eigenvalue weighted by atomic mass is 16.4. The second-order valence-corrected chi connectivity index (χ2v) is 4.71. The van der Waals surface area contributed by atoms with Gasteiger partial charge in [0, 0.05) is 19.6 Å². The van der Waals surface area contributed by atoms with Crippen molar-refractivity contribution < 1.29 is 14.7 Å². The number of amides is 1. The van der Waals surface area contributed by atoms with Gasteiger partial charge in [-0.05, 0) is 25.7 Å². The Morgan fingerprint density at radius 1 is 1.18 bits per heavy atom. The zero-order valence-electron chi connectivity index (χ0n) is 9.84. The molecule has 17 heavy (non-hydrogen) atoms. The number of hydrogen-bond donors (Lipinski definition) is 2. The highest BCUT2D eigenvalue weighted by Crippen LogP contribution is 2.20. The molecule has 0 radical (unpaired) electrons. The van der Waals surface area contributed by atoms with Gasteiger partial charge in [-0.1, -0.05) is 0 Å². The topological polar surface area (TPSA) is 86.9 Å². The molecule has 2 atom stereocenters. The number of carbonyl (C=O) groups excluding carboxylic acids is 1. The number of nitrogens with zero attached hydrogens (tertiary/aromatic N) is 2. The lowest BCUT2D eigenvalue weighted by molar-refractivity contribution is -0.145. The molecular weight excluding hydrogens is 222 g/mol. The first-order valence-corrected chi connectivity index (χ1v) is 6.14. The Morgan fingerprint density at radius 2 is 1.82 bits per heavy atom. The lowest BCUT2D eigenvalue weighted by Crippen LogP contribution is -2.56. The average molecular weight is 241 g/mol. The molecule has 0 spiro atoms. The van der Waals surface area contributed by atoms with E-state index < -0.39 is 18.2 Å². The molecule has 96 valence electrons. The fourth-order valence-corrected chi connectivity index (χ4v) is 2.65. The summed E-state index contributed by atoms with van der Waals surface area (Å²) in [5, 5.41) is 9.06. The number of carbonyl (C=O) groups is 2. The predicted octanol–water partition coefficient (Wildman–Crippen LogP) is -0.557. The first kappa shape index (κ1) is 12.3. The van der Waals surface area contributed by atoms with Crippen molar-refractivity contribution in [2.24, 2.45) is 5.73 Å². The second-order valence-electron chi connectivity index (χ2n) is 4.71. The summed E-state index contributed by atoms with van der Waals surface area (Å²) < 4.78 is 0. The van der Waals surface area contributed by atoms with E-state index in [1.54, 1.807) is 9.80 Å². The average Bonchev–Trinajstić information content (AvgIpc) is 2.97. The third-order valence-corrected chi connectivity index (χ3v) is 3.61. The van der Waals surface area contributed by atoms with Crippen LogP contribution in [-0.2, 0) is 9.59 Å². The number of aliphatic carboxylic acids is 1. The first-order valence-electron chi connectivity index (χ1n) is 6.14. The third-order valence-electron chi connectivity index (χ3n) is 3.61. The van der Waals surface area contributed by atoms with E-state index in [2.05, 4.69) is 0 Å². The van der Waals surface area contributed by atoms with E-state index in [1.807, 2.05) is 0 Å². The fraction of sp³-hybridized carbons (Fsp3) is 0.818. The number of carboxylic acids is 1. The van der Waals surface area contributed by atoms with E-state index in [4.69, 9.17) is 10.8 Å². The van der Waals surface area contributed by atoms with Crippen LogP contribution in [0.2, 0.25) is 0 Å². The van der Waals surface area contributed by atoms with Gasteiger partial charge in [0.05, 0.1) is 0 Å². The lowest BCUT2D eigenvalue weighted by Gasteiger charge is -2.30. The standard InChI is InChI=1S/C11H19N3O3/c12-9(10(15)13-5-1-2-6-13)14-7-3-4-8(14)11(16)17/h8-9H,1-7,12H2,(H,16,17). The minimum absolute atomic E-state index is 0.129. The Morgan fingerprint density at radius 3 is 2.41 bits per heavy atom. The van der Waals surface area contributed by atoms with Crippen molar-refractivity contribution in [2.45, 2.75) is 37.9 Å². The van der Waals surface area contributed by atoms with E-state index >= 15 is 0 Å². The van der Waals surface area contributed by atoms with Crippen molar-refractivity contribution in [2.75, 3.05) is 19.6 Å². The van der Waals surface area contributed by atoms with Crippen LogP contribution in [-0.4, -0.2) is 58.6 Å². The molecule has 2 aliphatic heterocycles. The molecule has 2 saturated heterocycles. The van der Waals surface area contributed by atoms with Gasteiger partial charge >= 0.3 is 5.97 Å². The number of hydrogen-bond acceptors (Lipinski definition) is 4. The van der Waals surface area contributed by atoms with Crippen LogP contribution in [0.5, 0.6) is 0 Å². The summed E-state index contributed by atoms with van der Waals surface area (Å²) in [6.45, 7) is 2.09. The Bertz CT molecular complexity index is 315. The van der Waals surface area contributed by atoms with Crippen LogP contribution in [0, 0.1) is 0 Å². The van der Waals surface area contributed by atoms with Gasteiger partial charge in [0.15, 0.2) is 0 Å². The molecule has 2 aliphatic rings. The van der Waals surface area contributed by atoms with Crippen LogP contribution in [0.4, 0.5) is 0 Å². The smallest absolute Gasteiger partial charge is 0.320 e. The largest absolute Gasteiger partial charge is 0.480 e. The van der Waals surface area contributed by atoms with Crippen molar-refractivity contribution in [1.29, 1.82) is 0 Å². The maximum absolute atomic E-state index is 12.1. The van der Waals surface area contributed by atoms with Gasteiger partial charge in [-0.15, -0.1) is 0 Å². The molecule has 0 saturated carbocycles. The maximum Gasteiger partial charge on any atom is 0.320 e. The highest BCUT2D eigenvalue weighted by molar-refractivity contribution is 5.83. The minimum atomic E-state index is -0.882. The molecule has 0 aliphatic carbocycles. The molecule has 2 rings (SSSR count). The van der Waals surface area contributed by atoms with Gasteiger partial charge in [-0.2, -0.15) is 0 Å². The molecular formula is C11H19N3O3. The van der Waals surface area contributed by atoms with Crippen molar-refractivity contribution in [1.82, 2.24) is 9.80 Å². The van der Waals surface area contributed by atoms with Gasteiger partial charge in [0.25, 0.3) is 5.91 Å². The molecule has 6 nitrogen and oxygen atoms in total. The number of likely N-dealkylation sites (tertiary alicyclic amines) is 2. The van der Waals surface area contributed by atoms with E-state index in [-0.39, 0.29) is 5.91 Å². The summed E-state index contributed by atoms with van der Waals surface area (Å²) in [5.41, 5.74) is 5.90. The monoisotopic (exact) mass is 241 g/mol. The van der Waals surface area contributed by atoms with E-state index in [1.165, 1.54) is 0 Å². The Balaban J connectivity index is 2.00. The molecule has 0 aromatic heterocycles. The zero-order chi connectivity index (χ0) is 12.4. The van der Waals surface area contributed by atoms with Gasteiger partial charge in [-0.25, -0.2) is 0 Å². The predicted molar refractivity (Wildman–Crippen MR) is 61.2 cm³/mol. The molecule has 0 bridgehead atoms. The highest BCUT2D eigenvalue weighted by Gasteiger charge is 2.38. The molecule has 2 fully saturated rings. The molecule has 2 heterocycles. The van der Waals surface area contributed by atoms with Gasteiger partial charge < -0.3 is 15.7 Å². The summed E-state index contributed by atoms with van der Waals surface area (Å²) >= 11 is 0. The van der Waals surface area contributed by atoms with Gasteiger partial charge in [-0.3, -0.25) is 14.5 Å². The molecule has 0 aromatic rings. The van der Waals surface area contributed by atoms with E-state index in [0.29, 0.717) is 13.0 Å². The van der Waals surface area contributed by atoms with Crippen LogP contribution in [0.25, 0.3) is 0 Å². The normalized spacial score (nSPS) is 27.4. The van der Waals surface area contributed by atoms with E-state index in [0.717, 1.165) is 32.4 Å². The Hall–Kier alpha value is -1.14. The van der Waals surface area contributed by atoms with Crippen LogP contribution in [0.15, 0.2) is 0 Å². The third kappa shape index (κ3) is 2.42. The first-order chi connectivity index (χ1) is 8.11. The lowest BCUT2D eigenvalue weighted by atomic mass is 10.2. The summed E-state index contributed by atoms with van der Waals surface area (Å²) in [4.78, 5) is 26.5. The molecule has 0 aromatic carbocycles. The summed E-state index contributed by atoms with van der Waals surface area (Å²) in [6, 6.07) is -0.600. The van der Waals surface area contributed by atoms with Crippen LogP contribution < -0.4 is 5.73 Å². The number of carboxylic acid groups (broad SMARTS) is 1. The summed E-state index contributed by atoms with van der Waals surface area (Å²) in [5.74, 6) is -1.01. The van der Waals surface area contributed by atoms with Gasteiger partial charge in [0.1, 0.15) is 12.2 Å². The van der Waals surface area contributed by atoms with Crippen LogP contribution >= 0.6 is 0 Å². The van der Waals surface area contributed by atoms with Crippen molar-refractivity contribution in [3.63, 3.8) is 0 Å². The minimum Gasteiger partial charge on any atom is -0.480 e. The second kappa shape index (κ2) is 5.01. The summed E-state index contributed by atoms with van der Waals surface area (Å²) in [6.07, 6.45) is 2.60. The SMILES string of the molecule is NC(C(=O)N1CCCC1)N1CCCC1C(=O)O. The van der Waals surface area contributed by atoms with Crippen molar-refractivity contribution in [3.8, 4) is 0 Å². The number of rotatable bonds is 3. The summed E-state index contributed by atoms with van der Waals surface area (Å²) in [7, 11) is 0. The maximum atomic E-state index is 12.1. The molecule has 3 N–H and O–H groups in total. The van der Waals surface area contributed by atoms with E-state index in [9.17, 15) is 9.59 Å².